The van der Waals surface area contributed by atoms with Crippen LogP contribution >= 0.6 is 11.6 Å². The molecule has 1 fully saturated rings. The van der Waals surface area contributed by atoms with Gasteiger partial charge in [0, 0.05) is 18.1 Å². The summed E-state index contributed by atoms with van der Waals surface area (Å²) < 4.78 is 104. The molecule has 1 saturated heterocycles. The highest BCUT2D eigenvalue weighted by molar-refractivity contribution is 6.31. The van der Waals surface area contributed by atoms with Crippen molar-refractivity contribution in [1.82, 2.24) is 34.7 Å². The van der Waals surface area contributed by atoms with Gasteiger partial charge in [-0.25, -0.2) is 9.07 Å². The highest BCUT2D eigenvalue weighted by atomic mass is 35.5. The first kappa shape index (κ1) is 31.7. The van der Waals surface area contributed by atoms with Crippen LogP contribution in [0, 0.1) is 5.82 Å². The fraction of sp³-hybridized carbons (Fsp3) is 0.407. The standard InChI is InChI=1S/C27H26ClF7N8O/c1-40(2)15-22-36-38-24(42(22)14-17-3-4-20(29)12-21(17)28)23-25(41-5-7-44-8-6-41)43(39-37-23)13-16-9-18(26(30,31)32)11-19(10-16)27(33,34)35/h3-4,9-12H,5-8,13-15H2,1-2H3. The van der Waals surface area contributed by atoms with Crippen LogP contribution in [-0.4, -0.2) is 75.1 Å². The Kier molecular flexibility index (Phi) is 8.87. The number of anilines is 1. The summed E-state index contributed by atoms with van der Waals surface area (Å²) in [6.07, 6.45) is -10.0. The van der Waals surface area contributed by atoms with Gasteiger partial charge < -0.3 is 19.1 Å². The summed E-state index contributed by atoms with van der Waals surface area (Å²) in [5, 5.41) is 17.3. The van der Waals surface area contributed by atoms with Crippen molar-refractivity contribution < 1.29 is 35.5 Å². The third-order valence-corrected chi connectivity index (χ3v) is 7.19. The molecule has 5 rings (SSSR count). The molecule has 0 bridgehead atoms. The minimum Gasteiger partial charge on any atom is -0.378 e. The van der Waals surface area contributed by atoms with E-state index in [1.54, 1.807) is 4.57 Å². The zero-order valence-electron chi connectivity index (χ0n) is 23.4. The first-order valence-corrected chi connectivity index (χ1v) is 13.6. The summed E-state index contributed by atoms with van der Waals surface area (Å²) in [6.45, 7) is 1.33. The minimum atomic E-state index is -5.00. The van der Waals surface area contributed by atoms with E-state index in [0.29, 0.717) is 62.2 Å². The molecule has 0 amide bonds. The van der Waals surface area contributed by atoms with Gasteiger partial charge in [-0.1, -0.05) is 22.9 Å². The topological polar surface area (TPSA) is 77.1 Å². The molecule has 2 aromatic carbocycles. The molecule has 2 aromatic heterocycles. The summed E-state index contributed by atoms with van der Waals surface area (Å²) in [5.74, 6) is 0.530. The zero-order chi connectivity index (χ0) is 31.8. The summed E-state index contributed by atoms with van der Waals surface area (Å²) in [7, 11) is 3.65. The maximum absolute atomic E-state index is 13.8. The summed E-state index contributed by atoms with van der Waals surface area (Å²) in [4.78, 5) is 3.68. The van der Waals surface area contributed by atoms with Crippen LogP contribution in [0.2, 0.25) is 5.02 Å². The zero-order valence-corrected chi connectivity index (χ0v) is 24.2. The maximum Gasteiger partial charge on any atom is 0.416 e. The summed E-state index contributed by atoms with van der Waals surface area (Å²) in [5.41, 5.74) is -2.38. The van der Waals surface area contributed by atoms with E-state index in [1.165, 1.54) is 22.9 Å². The van der Waals surface area contributed by atoms with Gasteiger partial charge in [-0.05, 0) is 55.6 Å². The summed E-state index contributed by atoms with van der Waals surface area (Å²) in [6, 6.07) is 5.35. The Labute approximate surface area is 251 Å². The minimum absolute atomic E-state index is 0.0779. The molecule has 1 aliphatic rings. The molecule has 9 nitrogen and oxygen atoms in total. The SMILES string of the molecule is CN(C)Cc1nnc(-c2nnn(Cc3cc(C(F)(F)F)cc(C(F)(F)F)c3)c2N2CCOCC2)n1Cc1ccc(F)cc1Cl. The third kappa shape index (κ3) is 6.97. The molecule has 1 aliphatic heterocycles. The Hall–Kier alpha value is -3.76. The van der Waals surface area contributed by atoms with Crippen LogP contribution in [0.1, 0.15) is 28.1 Å². The third-order valence-electron chi connectivity index (χ3n) is 6.84. The number of halogens is 8. The Balaban J connectivity index is 1.63. The van der Waals surface area contributed by atoms with E-state index in [9.17, 15) is 30.7 Å². The number of benzene rings is 2. The largest absolute Gasteiger partial charge is 0.416 e. The van der Waals surface area contributed by atoms with Gasteiger partial charge in [-0.2, -0.15) is 26.3 Å². The van der Waals surface area contributed by atoms with Gasteiger partial charge in [0.1, 0.15) is 11.6 Å². The van der Waals surface area contributed by atoms with Crippen LogP contribution in [0.3, 0.4) is 0 Å². The van der Waals surface area contributed by atoms with E-state index in [2.05, 4.69) is 20.5 Å². The molecule has 17 heteroatoms. The van der Waals surface area contributed by atoms with Crippen molar-refractivity contribution in [3.8, 4) is 11.5 Å². The number of nitrogens with zero attached hydrogens (tertiary/aromatic N) is 8. The van der Waals surface area contributed by atoms with E-state index in [1.807, 2.05) is 23.9 Å². The van der Waals surface area contributed by atoms with E-state index in [-0.39, 0.29) is 34.7 Å². The van der Waals surface area contributed by atoms with Gasteiger partial charge in [0.15, 0.2) is 17.3 Å². The monoisotopic (exact) mass is 646 g/mol. The lowest BCUT2D eigenvalue weighted by Crippen LogP contribution is -2.38. The van der Waals surface area contributed by atoms with E-state index < -0.39 is 35.8 Å². The van der Waals surface area contributed by atoms with E-state index >= 15 is 0 Å². The second-order valence-electron chi connectivity index (χ2n) is 10.4. The predicted molar refractivity (Wildman–Crippen MR) is 146 cm³/mol. The number of ether oxygens (including phenoxy) is 1. The molecule has 4 aromatic rings. The molecular formula is C27H26ClF7N8O. The van der Waals surface area contributed by atoms with Crippen LogP contribution in [0.5, 0.6) is 0 Å². The van der Waals surface area contributed by atoms with Crippen LogP contribution in [0.15, 0.2) is 36.4 Å². The van der Waals surface area contributed by atoms with Crippen molar-refractivity contribution >= 4 is 17.4 Å². The number of hydrogen-bond donors (Lipinski definition) is 0. The number of aromatic nitrogens is 6. The lowest BCUT2D eigenvalue weighted by Gasteiger charge is -2.29. The lowest BCUT2D eigenvalue weighted by molar-refractivity contribution is -0.143. The molecular weight excluding hydrogens is 621 g/mol. The molecule has 0 radical (unpaired) electrons. The highest BCUT2D eigenvalue weighted by Gasteiger charge is 2.37. The van der Waals surface area contributed by atoms with Crippen LogP contribution in [0.25, 0.3) is 11.5 Å². The fourth-order valence-corrected chi connectivity index (χ4v) is 5.05. The highest BCUT2D eigenvalue weighted by Crippen LogP contribution is 2.37. The number of hydrogen-bond acceptors (Lipinski definition) is 7. The molecule has 0 saturated carbocycles. The first-order valence-electron chi connectivity index (χ1n) is 13.3. The summed E-state index contributed by atoms with van der Waals surface area (Å²) >= 11 is 6.32. The number of alkyl halides is 6. The molecule has 0 spiro atoms. The Bertz CT molecular complexity index is 1600. The second kappa shape index (κ2) is 12.3. The van der Waals surface area contributed by atoms with Gasteiger partial charge in [-0.15, -0.1) is 15.3 Å². The van der Waals surface area contributed by atoms with E-state index in [4.69, 9.17) is 16.3 Å². The smallest absolute Gasteiger partial charge is 0.378 e. The van der Waals surface area contributed by atoms with Crippen LogP contribution in [0.4, 0.5) is 36.6 Å². The van der Waals surface area contributed by atoms with Gasteiger partial charge in [0.2, 0.25) is 0 Å². The van der Waals surface area contributed by atoms with Crippen molar-refractivity contribution in [2.45, 2.75) is 32.0 Å². The van der Waals surface area contributed by atoms with Gasteiger partial charge in [0.25, 0.3) is 0 Å². The lowest BCUT2D eigenvalue weighted by atomic mass is 10.0. The molecule has 236 valence electrons. The Morgan fingerprint density at radius 3 is 2.14 bits per heavy atom. The van der Waals surface area contributed by atoms with Gasteiger partial charge in [0.05, 0.1) is 44.0 Å². The number of morpholine rings is 1. The predicted octanol–water partition coefficient (Wildman–Crippen LogP) is 5.36. The molecule has 44 heavy (non-hydrogen) atoms. The van der Waals surface area contributed by atoms with E-state index in [0.717, 1.165) is 0 Å². The first-order chi connectivity index (χ1) is 20.7. The molecule has 0 aliphatic carbocycles. The molecule has 0 N–H and O–H groups in total. The quantitative estimate of drug-likeness (QED) is 0.239. The second-order valence-corrected chi connectivity index (χ2v) is 10.8. The normalized spacial score (nSPS) is 14.6. The number of rotatable bonds is 8. The molecule has 0 unspecified atom stereocenters. The average molecular weight is 647 g/mol. The Morgan fingerprint density at radius 1 is 0.886 bits per heavy atom. The van der Waals surface area contributed by atoms with Crippen molar-refractivity contribution in [3.05, 3.63) is 75.3 Å². The van der Waals surface area contributed by atoms with Crippen molar-refractivity contribution in [2.75, 3.05) is 45.3 Å². The van der Waals surface area contributed by atoms with Crippen molar-refractivity contribution in [3.63, 3.8) is 0 Å². The van der Waals surface area contributed by atoms with Gasteiger partial charge >= 0.3 is 12.4 Å². The fourth-order valence-electron chi connectivity index (χ4n) is 4.83. The van der Waals surface area contributed by atoms with Crippen molar-refractivity contribution in [2.24, 2.45) is 0 Å². The molecule has 3 heterocycles. The average Bonchev–Trinajstić information content (AvgIpc) is 3.52. The van der Waals surface area contributed by atoms with Crippen molar-refractivity contribution in [1.29, 1.82) is 0 Å². The molecule has 0 atom stereocenters. The van der Waals surface area contributed by atoms with Gasteiger partial charge in [-0.3, -0.25) is 0 Å². The maximum atomic E-state index is 13.8. The van der Waals surface area contributed by atoms with Crippen LogP contribution in [-0.2, 0) is 36.7 Å². The Morgan fingerprint density at radius 2 is 1.55 bits per heavy atom. The van der Waals surface area contributed by atoms with Crippen LogP contribution < -0.4 is 4.90 Å².